The number of halogens is 2. The lowest BCUT2D eigenvalue weighted by molar-refractivity contribution is -0.128. The average molecular weight is 331 g/mol. The quantitative estimate of drug-likeness (QED) is 0.884. The molecule has 1 fully saturated rings. The minimum atomic E-state index is -0.400. The molecule has 3 atom stereocenters. The zero-order valence-corrected chi connectivity index (χ0v) is 14.1. The third-order valence-corrected chi connectivity index (χ3v) is 4.65. The van der Waals surface area contributed by atoms with E-state index in [-0.39, 0.29) is 30.3 Å². The maximum absolute atomic E-state index is 12.5. The van der Waals surface area contributed by atoms with E-state index in [2.05, 4.69) is 5.32 Å². The zero-order chi connectivity index (χ0) is 14.8. The Morgan fingerprint density at radius 2 is 2.10 bits per heavy atom. The molecule has 21 heavy (non-hydrogen) atoms. The van der Waals surface area contributed by atoms with Crippen LogP contribution in [0.4, 0.5) is 0 Å². The van der Waals surface area contributed by atoms with Gasteiger partial charge in [-0.1, -0.05) is 42.6 Å². The molecule has 1 aromatic rings. The first-order valence-corrected chi connectivity index (χ1v) is 7.63. The second kappa shape index (κ2) is 7.48. The van der Waals surface area contributed by atoms with E-state index in [9.17, 15) is 4.79 Å². The summed E-state index contributed by atoms with van der Waals surface area (Å²) >= 11 is 6.17. The number of hydrogen-bond donors (Lipinski definition) is 2. The van der Waals surface area contributed by atoms with Gasteiger partial charge < -0.3 is 11.1 Å². The Morgan fingerprint density at radius 1 is 1.43 bits per heavy atom. The number of hydrogen-bond acceptors (Lipinski definition) is 2. The molecule has 0 aliphatic heterocycles. The molecule has 118 valence electrons. The van der Waals surface area contributed by atoms with Crippen molar-refractivity contribution in [2.45, 2.75) is 51.1 Å². The molecule has 1 aliphatic carbocycles. The van der Waals surface area contributed by atoms with Crippen molar-refractivity contribution in [1.29, 1.82) is 0 Å². The second-order valence-corrected chi connectivity index (χ2v) is 6.46. The molecule has 1 aliphatic rings. The van der Waals surface area contributed by atoms with Crippen LogP contribution in [-0.2, 0) is 4.79 Å². The molecule has 3 N–H and O–H groups in total. The van der Waals surface area contributed by atoms with Crippen LogP contribution in [0.15, 0.2) is 24.3 Å². The lowest BCUT2D eigenvalue weighted by Crippen LogP contribution is -2.53. The summed E-state index contributed by atoms with van der Waals surface area (Å²) in [5.74, 6) is -0.0664. The number of rotatable bonds is 3. The van der Waals surface area contributed by atoms with Crippen LogP contribution in [0, 0.1) is 5.92 Å². The van der Waals surface area contributed by atoms with E-state index < -0.39 is 5.54 Å². The summed E-state index contributed by atoms with van der Waals surface area (Å²) in [7, 11) is 0. The predicted octanol–water partition coefficient (Wildman–Crippen LogP) is 3.85. The van der Waals surface area contributed by atoms with E-state index >= 15 is 0 Å². The summed E-state index contributed by atoms with van der Waals surface area (Å²) in [4.78, 5) is 12.5. The summed E-state index contributed by atoms with van der Waals surface area (Å²) in [6.45, 7) is 3.94. The van der Waals surface area contributed by atoms with Gasteiger partial charge in [-0.2, -0.15) is 0 Å². The highest BCUT2D eigenvalue weighted by atomic mass is 35.5. The van der Waals surface area contributed by atoms with E-state index in [0.29, 0.717) is 5.02 Å². The Hall–Kier alpha value is -0.770. The lowest BCUT2D eigenvalue weighted by Gasteiger charge is -2.37. The van der Waals surface area contributed by atoms with Crippen molar-refractivity contribution < 1.29 is 4.79 Å². The number of carbonyl (C=O) groups is 1. The molecule has 0 radical (unpaired) electrons. The summed E-state index contributed by atoms with van der Waals surface area (Å²) < 4.78 is 0. The van der Waals surface area contributed by atoms with Gasteiger partial charge in [0.2, 0.25) is 5.91 Å². The highest BCUT2D eigenvalue weighted by molar-refractivity contribution is 6.31. The van der Waals surface area contributed by atoms with Crippen LogP contribution in [-0.4, -0.2) is 11.4 Å². The second-order valence-electron chi connectivity index (χ2n) is 6.06. The number of nitrogens with one attached hydrogen (secondary N) is 1. The van der Waals surface area contributed by atoms with E-state index in [1.807, 2.05) is 38.1 Å². The molecule has 3 nitrogen and oxygen atoms in total. The number of nitrogens with two attached hydrogens (primary N) is 1. The maximum atomic E-state index is 12.5. The van der Waals surface area contributed by atoms with Crippen LogP contribution in [0.2, 0.25) is 5.02 Å². The smallest absolute Gasteiger partial charge is 0.225 e. The number of carbonyl (C=O) groups excluding carboxylic acids is 1. The summed E-state index contributed by atoms with van der Waals surface area (Å²) in [6.07, 6.45) is 3.96. The molecule has 1 amide bonds. The molecule has 5 heteroatoms. The van der Waals surface area contributed by atoms with Gasteiger partial charge in [0.05, 0.1) is 12.0 Å². The van der Waals surface area contributed by atoms with Gasteiger partial charge in [-0.05, 0) is 38.3 Å². The topological polar surface area (TPSA) is 55.1 Å². The third-order valence-electron chi connectivity index (χ3n) is 4.30. The Labute approximate surface area is 138 Å². The molecule has 3 unspecified atom stereocenters. The Morgan fingerprint density at radius 3 is 2.71 bits per heavy atom. The first-order valence-electron chi connectivity index (χ1n) is 7.25. The molecule has 0 heterocycles. The highest BCUT2D eigenvalue weighted by Gasteiger charge is 2.38. The first-order chi connectivity index (χ1) is 9.42. The van der Waals surface area contributed by atoms with Crippen LogP contribution in [0.3, 0.4) is 0 Å². The maximum Gasteiger partial charge on any atom is 0.225 e. The SMILES string of the molecule is CC(NC(=O)C1CCCCC1(C)N)c1ccccc1Cl.Cl. The van der Waals surface area contributed by atoms with Gasteiger partial charge >= 0.3 is 0 Å². The van der Waals surface area contributed by atoms with Crippen molar-refractivity contribution in [3.8, 4) is 0 Å². The Balaban J connectivity index is 0.00000220. The van der Waals surface area contributed by atoms with Crippen LogP contribution in [0.5, 0.6) is 0 Å². The fourth-order valence-corrected chi connectivity index (χ4v) is 3.31. The molecule has 0 bridgehead atoms. The van der Waals surface area contributed by atoms with Crippen LogP contribution >= 0.6 is 24.0 Å². The summed E-state index contributed by atoms with van der Waals surface area (Å²) in [5, 5.41) is 3.74. The average Bonchev–Trinajstić information content (AvgIpc) is 2.38. The van der Waals surface area contributed by atoms with Crippen molar-refractivity contribution in [2.75, 3.05) is 0 Å². The van der Waals surface area contributed by atoms with E-state index in [0.717, 1.165) is 31.2 Å². The predicted molar refractivity (Wildman–Crippen MR) is 89.8 cm³/mol. The molecular formula is C16H24Cl2N2O. The fourth-order valence-electron chi connectivity index (χ4n) is 3.01. The lowest BCUT2D eigenvalue weighted by atomic mass is 9.74. The van der Waals surface area contributed by atoms with E-state index in [1.54, 1.807) is 0 Å². The van der Waals surface area contributed by atoms with Crippen LogP contribution < -0.4 is 11.1 Å². The van der Waals surface area contributed by atoms with Gasteiger partial charge in [-0.3, -0.25) is 4.79 Å². The van der Waals surface area contributed by atoms with Crippen molar-refractivity contribution in [3.63, 3.8) is 0 Å². The Bertz CT molecular complexity index is 491. The summed E-state index contributed by atoms with van der Waals surface area (Å²) in [6, 6.07) is 7.49. The number of amides is 1. The standard InChI is InChI=1S/C16H23ClN2O.ClH/c1-11(12-7-3-4-9-14(12)17)19-15(20)13-8-5-6-10-16(13,2)18;/h3-4,7,9,11,13H,5-6,8,10,18H2,1-2H3,(H,19,20);1H. The van der Waals surface area contributed by atoms with E-state index in [1.165, 1.54) is 0 Å². The van der Waals surface area contributed by atoms with Gasteiger partial charge in [0, 0.05) is 10.6 Å². The van der Waals surface area contributed by atoms with Crippen molar-refractivity contribution in [3.05, 3.63) is 34.9 Å². The minimum absolute atomic E-state index is 0. The molecule has 2 rings (SSSR count). The van der Waals surface area contributed by atoms with Crippen molar-refractivity contribution in [1.82, 2.24) is 5.32 Å². The first kappa shape index (κ1) is 18.3. The van der Waals surface area contributed by atoms with Gasteiger partial charge in [0.1, 0.15) is 0 Å². The number of benzene rings is 1. The van der Waals surface area contributed by atoms with E-state index in [4.69, 9.17) is 17.3 Å². The fraction of sp³-hybridized carbons (Fsp3) is 0.562. The van der Waals surface area contributed by atoms with Gasteiger partial charge in [-0.25, -0.2) is 0 Å². The van der Waals surface area contributed by atoms with Crippen molar-refractivity contribution >= 4 is 29.9 Å². The minimum Gasteiger partial charge on any atom is -0.349 e. The van der Waals surface area contributed by atoms with Gasteiger partial charge in [-0.15, -0.1) is 12.4 Å². The molecule has 0 saturated heterocycles. The van der Waals surface area contributed by atoms with Gasteiger partial charge in [0.25, 0.3) is 0 Å². The van der Waals surface area contributed by atoms with Crippen LogP contribution in [0.1, 0.15) is 51.1 Å². The summed E-state index contributed by atoms with van der Waals surface area (Å²) in [5.41, 5.74) is 6.82. The van der Waals surface area contributed by atoms with Crippen LogP contribution in [0.25, 0.3) is 0 Å². The highest BCUT2D eigenvalue weighted by Crippen LogP contribution is 2.32. The molecule has 0 spiro atoms. The van der Waals surface area contributed by atoms with Crippen molar-refractivity contribution in [2.24, 2.45) is 11.7 Å². The monoisotopic (exact) mass is 330 g/mol. The molecule has 0 aromatic heterocycles. The third kappa shape index (κ3) is 4.35. The molecular weight excluding hydrogens is 307 g/mol. The normalized spacial score (nSPS) is 26.6. The molecule has 1 saturated carbocycles. The largest absolute Gasteiger partial charge is 0.349 e. The Kier molecular flexibility index (Phi) is 6.51. The molecule has 1 aromatic carbocycles. The van der Waals surface area contributed by atoms with Gasteiger partial charge in [0.15, 0.2) is 0 Å². The zero-order valence-electron chi connectivity index (χ0n) is 12.6.